The van der Waals surface area contributed by atoms with E-state index in [4.69, 9.17) is 10.3 Å². The molecular weight excluding hydrogens is 290 g/mol. The average Bonchev–Trinajstić information content (AvgIpc) is 2.23. The summed E-state index contributed by atoms with van der Waals surface area (Å²) in [5.41, 5.74) is 0. The monoisotopic (exact) mass is 306 g/mol. The molecule has 0 atom stereocenters. The Bertz CT molecular complexity index is 368. The predicted octanol–water partition coefficient (Wildman–Crippen LogP) is 3.10. The van der Waals surface area contributed by atoms with E-state index < -0.39 is 5.97 Å². The van der Waals surface area contributed by atoms with Gasteiger partial charge >= 0.3 is 5.97 Å². The zero-order valence-electron chi connectivity index (χ0n) is 9.60. The van der Waals surface area contributed by atoms with E-state index >= 15 is 0 Å². The van der Waals surface area contributed by atoms with Crippen molar-refractivity contribution >= 4 is 18.2 Å². The van der Waals surface area contributed by atoms with Gasteiger partial charge in [-0.3, -0.25) is 4.79 Å². The maximum Gasteiger partial charge on any atom is 0.303 e. The summed E-state index contributed by atoms with van der Waals surface area (Å²) < 4.78 is 1.32. The molecule has 1 rings (SSSR count). The van der Waals surface area contributed by atoms with Gasteiger partial charge in [-0.25, -0.2) is 0 Å². The van der Waals surface area contributed by atoms with Gasteiger partial charge in [0.05, 0.1) is 0 Å². The molecule has 0 unspecified atom stereocenters. The number of nitrogens with zero attached hydrogens (tertiary/aromatic N) is 1. The van der Waals surface area contributed by atoms with Gasteiger partial charge in [-0.15, -0.1) is 0 Å². The van der Waals surface area contributed by atoms with E-state index in [2.05, 4.69) is 19.1 Å². The minimum Gasteiger partial charge on any atom is -0.481 e. The van der Waals surface area contributed by atoms with Crippen LogP contribution >= 0.6 is 12.2 Å². The number of rotatable bonds is 4. The van der Waals surface area contributed by atoms with E-state index in [0.29, 0.717) is 11.1 Å². The van der Waals surface area contributed by atoms with Crippen LogP contribution in [-0.4, -0.2) is 21.0 Å². The molecule has 1 radical (unpaired) electrons. The van der Waals surface area contributed by atoms with Gasteiger partial charge in [0.15, 0.2) is 0 Å². The minimum absolute atomic E-state index is 0. The van der Waals surface area contributed by atoms with E-state index in [0.717, 1.165) is 24.0 Å². The summed E-state index contributed by atoms with van der Waals surface area (Å²) in [5.74, 6) is -0.682. The molecule has 0 bridgehead atoms. The van der Waals surface area contributed by atoms with Gasteiger partial charge in [0.2, 0.25) is 0 Å². The quantitative estimate of drug-likeness (QED) is 0.388. The number of hydrogen-bond donors (Lipinski definition) is 2. The molecule has 0 saturated heterocycles. The summed E-state index contributed by atoms with van der Waals surface area (Å²) in [6.45, 7) is 2.06. The number of carboxylic acid groups (broad SMARTS) is 1. The first-order chi connectivity index (χ1) is 7.57. The molecule has 1 aromatic heterocycles. The number of aliphatic carboxylic acids is 1. The second-order valence-electron chi connectivity index (χ2n) is 3.23. The summed E-state index contributed by atoms with van der Waals surface area (Å²) in [6, 6.07) is 5.13. The Kier molecular flexibility index (Phi) is 12.7. The molecule has 6 heteroatoms. The maximum absolute atomic E-state index is 9.87. The van der Waals surface area contributed by atoms with Crippen molar-refractivity contribution < 1.29 is 32.2 Å². The van der Waals surface area contributed by atoms with Crippen molar-refractivity contribution in [1.29, 1.82) is 0 Å². The molecule has 0 saturated carbocycles. The van der Waals surface area contributed by atoms with Crippen LogP contribution in [0.1, 0.15) is 32.6 Å². The summed E-state index contributed by atoms with van der Waals surface area (Å²) in [7, 11) is 0. The van der Waals surface area contributed by atoms with E-state index in [9.17, 15) is 4.79 Å². The van der Waals surface area contributed by atoms with Crippen molar-refractivity contribution in [3.05, 3.63) is 29.0 Å². The number of aromatic nitrogens is 1. The molecule has 1 aromatic rings. The van der Waals surface area contributed by atoms with Crippen molar-refractivity contribution in [1.82, 2.24) is 4.73 Å². The van der Waals surface area contributed by atoms with Crippen molar-refractivity contribution in [2.45, 2.75) is 32.6 Å². The number of pyridine rings is 1. The van der Waals surface area contributed by atoms with Crippen LogP contribution in [0.5, 0.6) is 0 Å². The van der Waals surface area contributed by atoms with Crippen molar-refractivity contribution in [2.24, 2.45) is 0 Å². The molecule has 0 aliphatic carbocycles. The van der Waals surface area contributed by atoms with E-state index in [1.165, 1.54) is 6.20 Å². The second-order valence-corrected chi connectivity index (χ2v) is 3.65. The topological polar surface area (TPSA) is 62.5 Å². The van der Waals surface area contributed by atoms with Gasteiger partial charge in [0.1, 0.15) is 4.64 Å². The largest absolute Gasteiger partial charge is 0.481 e. The Hall–Kier alpha value is -0.841. The van der Waals surface area contributed by atoms with Gasteiger partial charge in [0.25, 0.3) is 0 Å². The van der Waals surface area contributed by atoms with E-state index in [1.807, 2.05) is 0 Å². The zero-order chi connectivity index (χ0) is 12.4. The minimum atomic E-state index is -0.682. The Morgan fingerprint density at radius 1 is 1.41 bits per heavy atom. The van der Waals surface area contributed by atoms with Crippen LogP contribution in [0.4, 0.5) is 0 Å². The SMILES string of the molecule is CCCCCC(=O)O.On1ccccc1=S.[Cu]. The summed E-state index contributed by atoms with van der Waals surface area (Å²) in [6.07, 6.45) is 4.77. The molecule has 0 amide bonds. The van der Waals surface area contributed by atoms with Crippen LogP contribution in [0.2, 0.25) is 0 Å². The smallest absolute Gasteiger partial charge is 0.303 e. The molecule has 0 aliphatic heterocycles. The number of carboxylic acids is 1. The first-order valence-electron chi connectivity index (χ1n) is 5.16. The Morgan fingerprint density at radius 3 is 2.41 bits per heavy atom. The third-order valence-electron chi connectivity index (χ3n) is 1.80. The van der Waals surface area contributed by atoms with Gasteiger partial charge in [-0.1, -0.05) is 38.0 Å². The normalized spacial score (nSPS) is 8.53. The van der Waals surface area contributed by atoms with Gasteiger partial charge in [0, 0.05) is 29.7 Å². The Morgan fingerprint density at radius 2 is 2.06 bits per heavy atom. The zero-order valence-corrected chi connectivity index (χ0v) is 11.4. The first-order valence-corrected chi connectivity index (χ1v) is 5.57. The predicted molar refractivity (Wildman–Crippen MR) is 64.2 cm³/mol. The van der Waals surface area contributed by atoms with Crippen LogP contribution in [-0.2, 0) is 21.9 Å². The average molecular weight is 307 g/mol. The fourth-order valence-electron chi connectivity index (χ4n) is 0.945. The van der Waals surface area contributed by atoms with Crippen molar-refractivity contribution in [3.63, 3.8) is 0 Å². The van der Waals surface area contributed by atoms with Crippen LogP contribution in [0.3, 0.4) is 0 Å². The summed E-state index contributed by atoms with van der Waals surface area (Å²) in [4.78, 5) is 9.87. The van der Waals surface area contributed by atoms with Crippen LogP contribution in [0.25, 0.3) is 0 Å². The van der Waals surface area contributed by atoms with Gasteiger partial charge < -0.3 is 10.3 Å². The number of unbranched alkanes of at least 4 members (excludes halogenated alkanes) is 2. The molecule has 4 nitrogen and oxygen atoms in total. The third kappa shape index (κ3) is 11.4. The van der Waals surface area contributed by atoms with Gasteiger partial charge in [-0.05, 0) is 18.6 Å². The summed E-state index contributed by atoms with van der Waals surface area (Å²) in [5, 5.41) is 16.9. The maximum atomic E-state index is 9.87. The number of hydrogen-bond acceptors (Lipinski definition) is 3. The van der Waals surface area contributed by atoms with Crippen molar-refractivity contribution in [3.8, 4) is 0 Å². The fraction of sp³-hybridized carbons (Fsp3) is 0.455. The van der Waals surface area contributed by atoms with E-state index in [-0.39, 0.29) is 17.1 Å². The second kappa shape index (κ2) is 11.6. The Balaban J connectivity index is 0. The third-order valence-corrected chi connectivity index (χ3v) is 2.12. The van der Waals surface area contributed by atoms with E-state index in [1.54, 1.807) is 18.2 Å². The van der Waals surface area contributed by atoms with Crippen LogP contribution in [0.15, 0.2) is 24.4 Å². The van der Waals surface area contributed by atoms with Crippen LogP contribution in [0, 0.1) is 4.64 Å². The number of carbonyl (C=O) groups is 1. The Labute approximate surface area is 117 Å². The molecule has 0 aliphatic rings. The molecule has 2 N–H and O–H groups in total. The first kappa shape index (κ1) is 18.5. The van der Waals surface area contributed by atoms with Gasteiger partial charge in [-0.2, -0.15) is 4.73 Å². The molecule has 1 heterocycles. The molecule has 0 fully saturated rings. The molecule has 17 heavy (non-hydrogen) atoms. The molecular formula is C11H17CuNO3S. The fourth-order valence-corrected chi connectivity index (χ4v) is 1.08. The molecule has 0 spiro atoms. The standard InChI is InChI=1S/C6H12O2.C5H5NOS.Cu/c1-2-3-4-5-6(7)8;7-6-4-2-1-3-5(6)8;/h2-5H2,1H3,(H,7,8);1-4,7H;. The van der Waals surface area contributed by atoms with Crippen LogP contribution < -0.4 is 0 Å². The van der Waals surface area contributed by atoms with Crippen molar-refractivity contribution in [2.75, 3.05) is 0 Å². The summed E-state index contributed by atoms with van der Waals surface area (Å²) >= 11 is 4.67. The molecule has 0 aromatic carbocycles. The molecule has 101 valence electrons.